The van der Waals surface area contributed by atoms with Gasteiger partial charge in [0.15, 0.2) is 0 Å². The molecule has 1 unspecified atom stereocenters. The normalized spacial score (nSPS) is 17.4. The maximum absolute atomic E-state index is 4.25. The van der Waals surface area contributed by atoms with Crippen molar-refractivity contribution in [1.29, 1.82) is 0 Å². The standard InChI is InChI=1S/C13H21N3/c1-3-8-14-13(11-5-6-11)9-12-7-4-10(2)15-16-12/h4,7,11,13-14H,3,5-6,8-9H2,1-2H3. The van der Waals surface area contributed by atoms with Crippen molar-refractivity contribution in [2.75, 3.05) is 6.54 Å². The lowest BCUT2D eigenvalue weighted by atomic mass is 10.1. The number of rotatable bonds is 6. The lowest BCUT2D eigenvalue weighted by Crippen LogP contribution is -2.34. The van der Waals surface area contributed by atoms with E-state index in [0.717, 1.165) is 30.3 Å². The summed E-state index contributed by atoms with van der Waals surface area (Å²) in [7, 11) is 0. The van der Waals surface area contributed by atoms with Gasteiger partial charge >= 0.3 is 0 Å². The highest BCUT2D eigenvalue weighted by Crippen LogP contribution is 2.33. The van der Waals surface area contributed by atoms with Gasteiger partial charge in [-0.1, -0.05) is 6.92 Å². The molecule has 3 heteroatoms. The van der Waals surface area contributed by atoms with Crippen LogP contribution in [0.4, 0.5) is 0 Å². The highest BCUT2D eigenvalue weighted by Gasteiger charge is 2.30. The Balaban J connectivity index is 1.91. The van der Waals surface area contributed by atoms with Gasteiger partial charge in [-0.2, -0.15) is 10.2 Å². The van der Waals surface area contributed by atoms with Crippen molar-refractivity contribution in [2.45, 2.75) is 45.6 Å². The number of aromatic nitrogens is 2. The first-order valence-electron chi connectivity index (χ1n) is 6.32. The summed E-state index contributed by atoms with van der Waals surface area (Å²) in [5, 5.41) is 12.0. The second kappa shape index (κ2) is 5.39. The van der Waals surface area contributed by atoms with Crippen molar-refractivity contribution in [2.24, 2.45) is 5.92 Å². The Bertz CT molecular complexity index is 316. The summed E-state index contributed by atoms with van der Waals surface area (Å²) < 4.78 is 0. The molecule has 0 spiro atoms. The Hall–Kier alpha value is -0.960. The molecule has 1 aliphatic carbocycles. The van der Waals surface area contributed by atoms with E-state index in [1.165, 1.54) is 19.3 Å². The predicted octanol–water partition coefficient (Wildman–Crippen LogP) is 2.11. The zero-order chi connectivity index (χ0) is 11.4. The Morgan fingerprint density at radius 2 is 2.19 bits per heavy atom. The third kappa shape index (κ3) is 3.27. The predicted molar refractivity (Wildman–Crippen MR) is 65.3 cm³/mol. The molecule has 0 aliphatic heterocycles. The van der Waals surface area contributed by atoms with Gasteiger partial charge in [0.1, 0.15) is 0 Å². The van der Waals surface area contributed by atoms with E-state index in [1.807, 2.05) is 13.0 Å². The number of aryl methyl sites for hydroxylation is 1. The highest BCUT2D eigenvalue weighted by atomic mass is 15.1. The Morgan fingerprint density at radius 1 is 1.38 bits per heavy atom. The van der Waals surface area contributed by atoms with Crippen LogP contribution in [0, 0.1) is 12.8 Å². The second-order valence-electron chi connectivity index (χ2n) is 4.77. The molecule has 1 N–H and O–H groups in total. The van der Waals surface area contributed by atoms with Gasteiger partial charge in [-0.25, -0.2) is 0 Å². The lowest BCUT2D eigenvalue weighted by molar-refractivity contribution is 0.454. The number of nitrogens with one attached hydrogen (secondary N) is 1. The average Bonchev–Trinajstić information content (AvgIpc) is 3.11. The summed E-state index contributed by atoms with van der Waals surface area (Å²) in [6.45, 7) is 5.30. The monoisotopic (exact) mass is 219 g/mol. The van der Waals surface area contributed by atoms with E-state index >= 15 is 0 Å². The Kier molecular flexibility index (Phi) is 3.88. The first-order chi connectivity index (χ1) is 7.79. The summed E-state index contributed by atoms with van der Waals surface area (Å²) >= 11 is 0. The van der Waals surface area contributed by atoms with E-state index in [0.29, 0.717) is 6.04 Å². The van der Waals surface area contributed by atoms with Gasteiger partial charge in [0, 0.05) is 12.5 Å². The maximum Gasteiger partial charge on any atom is 0.0646 e. The third-order valence-corrected chi connectivity index (χ3v) is 3.13. The summed E-state index contributed by atoms with van der Waals surface area (Å²) in [5.74, 6) is 0.870. The van der Waals surface area contributed by atoms with E-state index < -0.39 is 0 Å². The van der Waals surface area contributed by atoms with Crippen molar-refractivity contribution < 1.29 is 0 Å². The van der Waals surface area contributed by atoms with Crippen molar-refractivity contribution in [3.8, 4) is 0 Å². The van der Waals surface area contributed by atoms with Crippen LogP contribution in [0.15, 0.2) is 12.1 Å². The van der Waals surface area contributed by atoms with Crippen LogP contribution in [0.3, 0.4) is 0 Å². The fourth-order valence-corrected chi connectivity index (χ4v) is 1.99. The van der Waals surface area contributed by atoms with Crippen LogP contribution >= 0.6 is 0 Å². The van der Waals surface area contributed by atoms with Gasteiger partial charge < -0.3 is 5.32 Å². The molecule has 0 radical (unpaired) electrons. The molecule has 0 bridgehead atoms. The second-order valence-corrected chi connectivity index (χ2v) is 4.77. The van der Waals surface area contributed by atoms with Crippen LogP contribution in [0.25, 0.3) is 0 Å². The van der Waals surface area contributed by atoms with Crippen LogP contribution in [0.2, 0.25) is 0 Å². The average molecular weight is 219 g/mol. The van der Waals surface area contributed by atoms with Crippen LogP contribution in [0.1, 0.15) is 37.6 Å². The minimum Gasteiger partial charge on any atom is -0.313 e. The zero-order valence-corrected chi connectivity index (χ0v) is 10.2. The van der Waals surface area contributed by atoms with Gasteiger partial charge in [0.25, 0.3) is 0 Å². The molecule has 1 fully saturated rings. The SMILES string of the molecule is CCCNC(Cc1ccc(C)nn1)C1CC1. The Morgan fingerprint density at radius 3 is 2.75 bits per heavy atom. The van der Waals surface area contributed by atoms with E-state index in [4.69, 9.17) is 0 Å². The van der Waals surface area contributed by atoms with Crippen LogP contribution in [-0.4, -0.2) is 22.8 Å². The summed E-state index contributed by atoms with van der Waals surface area (Å²) in [6.07, 6.45) is 4.97. The highest BCUT2D eigenvalue weighted by molar-refractivity contribution is 5.08. The fourth-order valence-electron chi connectivity index (χ4n) is 1.99. The topological polar surface area (TPSA) is 37.8 Å². The minimum atomic E-state index is 0.608. The number of hydrogen-bond donors (Lipinski definition) is 1. The quantitative estimate of drug-likeness (QED) is 0.796. The van der Waals surface area contributed by atoms with Gasteiger partial charge in [0.05, 0.1) is 11.4 Å². The molecule has 1 aromatic rings. The number of hydrogen-bond acceptors (Lipinski definition) is 3. The maximum atomic E-state index is 4.25. The van der Waals surface area contributed by atoms with E-state index in [2.05, 4.69) is 28.5 Å². The molecule has 2 rings (SSSR count). The molecule has 1 aromatic heterocycles. The largest absolute Gasteiger partial charge is 0.313 e. The molecular weight excluding hydrogens is 198 g/mol. The van der Waals surface area contributed by atoms with E-state index in [1.54, 1.807) is 0 Å². The van der Waals surface area contributed by atoms with Crippen molar-refractivity contribution in [1.82, 2.24) is 15.5 Å². The molecule has 1 aliphatic rings. The summed E-state index contributed by atoms with van der Waals surface area (Å²) in [4.78, 5) is 0. The van der Waals surface area contributed by atoms with Gasteiger partial charge in [-0.05, 0) is 50.8 Å². The van der Waals surface area contributed by atoms with Crippen LogP contribution < -0.4 is 5.32 Å². The zero-order valence-electron chi connectivity index (χ0n) is 10.2. The third-order valence-electron chi connectivity index (χ3n) is 3.13. The smallest absolute Gasteiger partial charge is 0.0646 e. The number of nitrogens with zero attached hydrogens (tertiary/aromatic N) is 2. The minimum absolute atomic E-state index is 0.608. The molecule has 0 saturated heterocycles. The first kappa shape index (κ1) is 11.5. The molecule has 0 aromatic carbocycles. The van der Waals surface area contributed by atoms with E-state index in [9.17, 15) is 0 Å². The van der Waals surface area contributed by atoms with Crippen LogP contribution in [-0.2, 0) is 6.42 Å². The summed E-state index contributed by atoms with van der Waals surface area (Å²) in [5.41, 5.74) is 2.11. The van der Waals surface area contributed by atoms with Crippen molar-refractivity contribution in [3.63, 3.8) is 0 Å². The molecule has 1 heterocycles. The van der Waals surface area contributed by atoms with Gasteiger partial charge in [-0.15, -0.1) is 0 Å². The van der Waals surface area contributed by atoms with Gasteiger partial charge in [-0.3, -0.25) is 0 Å². The molecular formula is C13H21N3. The van der Waals surface area contributed by atoms with E-state index in [-0.39, 0.29) is 0 Å². The molecule has 1 saturated carbocycles. The summed E-state index contributed by atoms with van der Waals surface area (Å²) in [6, 6.07) is 4.76. The molecule has 3 nitrogen and oxygen atoms in total. The van der Waals surface area contributed by atoms with Crippen molar-refractivity contribution in [3.05, 3.63) is 23.5 Å². The molecule has 1 atom stereocenters. The Labute approximate surface area is 97.7 Å². The van der Waals surface area contributed by atoms with Crippen LogP contribution in [0.5, 0.6) is 0 Å². The molecule has 16 heavy (non-hydrogen) atoms. The molecule has 0 amide bonds. The lowest BCUT2D eigenvalue weighted by Gasteiger charge is -2.17. The van der Waals surface area contributed by atoms with Gasteiger partial charge in [0.2, 0.25) is 0 Å². The van der Waals surface area contributed by atoms with Crippen molar-refractivity contribution >= 4 is 0 Å². The molecule has 88 valence electrons. The fraction of sp³-hybridized carbons (Fsp3) is 0.692. The first-order valence-corrected chi connectivity index (χ1v) is 6.32.